The predicted molar refractivity (Wildman–Crippen MR) is 102 cm³/mol. The Labute approximate surface area is 178 Å². The summed E-state index contributed by atoms with van der Waals surface area (Å²) in [7, 11) is 0. The molecule has 2 heterocycles. The van der Waals surface area contributed by atoms with E-state index in [1.807, 2.05) is 11.8 Å². The number of hydrogen-bond donors (Lipinski definition) is 3. The van der Waals surface area contributed by atoms with Crippen LogP contribution in [0.15, 0.2) is 24.3 Å². The molecule has 0 spiro atoms. The zero-order valence-electron chi connectivity index (χ0n) is 13.7. The van der Waals surface area contributed by atoms with Crippen LogP contribution in [-0.2, 0) is 9.53 Å². The number of nitrogen functional groups attached to an aromatic ring is 1. The van der Waals surface area contributed by atoms with Crippen molar-refractivity contribution in [2.75, 3.05) is 11.5 Å². The zero-order valence-corrected chi connectivity index (χ0v) is 14.5. The van der Waals surface area contributed by atoms with Crippen molar-refractivity contribution in [1.82, 2.24) is 10.6 Å². The number of thioether (sulfide) groups is 1. The molecular weight excluding hydrogens is 365 g/mol. The monoisotopic (exact) mass is 387 g/mol. The van der Waals surface area contributed by atoms with Crippen LogP contribution in [0.25, 0.3) is 0 Å². The average Bonchev–Trinajstić information content (AvgIpc) is 3.11. The number of carbonyl (C=O) groups excluding carboxylic acids is 3. The molecule has 2 aliphatic heterocycles. The summed E-state index contributed by atoms with van der Waals surface area (Å²) >= 11 is 1.85. The Morgan fingerprint density at radius 2 is 1.92 bits per heavy atom. The van der Waals surface area contributed by atoms with Gasteiger partial charge in [-0.1, -0.05) is 6.42 Å². The van der Waals surface area contributed by atoms with Crippen LogP contribution in [0.5, 0.6) is 0 Å². The van der Waals surface area contributed by atoms with Gasteiger partial charge >= 0.3 is 47.5 Å². The molecule has 2 aliphatic rings. The molecule has 2 saturated heterocycles. The number of hydrogen-bond acceptors (Lipinski definition) is 6. The Morgan fingerprint density at radius 1 is 1.19 bits per heavy atom. The normalized spacial score (nSPS) is 23.4. The van der Waals surface area contributed by atoms with Crippen LogP contribution in [0.2, 0.25) is 0 Å². The van der Waals surface area contributed by atoms with Gasteiger partial charge in [0, 0.05) is 23.1 Å². The second-order valence-electron chi connectivity index (χ2n) is 6.25. The molecule has 0 aromatic heterocycles. The van der Waals surface area contributed by atoms with Crippen molar-refractivity contribution < 1.29 is 19.1 Å². The summed E-state index contributed by atoms with van der Waals surface area (Å²) in [4.78, 5) is 34.9. The molecule has 9 heteroatoms. The van der Waals surface area contributed by atoms with E-state index >= 15 is 0 Å². The Morgan fingerprint density at radius 3 is 2.65 bits per heavy atom. The van der Waals surface area contributed by atoms with E-state index < -0.39 is 11.9 Å². The fourth-order valence-corrected chi connectivity index (χ4v) is 4.63. The van der Waals surface area contributed by atoms with Crippen molar-refractivity contribution in [3.8, 4) is 0 Å². The van der Waals surface area contributed by atoms with Crippen LogP contribution in [0.1, 0.15) is 36.0 Å². The molecule has 7 nitrogen and oxygen atoms in total. The second-order valence-corrected chi connectivity index (χ2v) is 7.52. The predicted octanol–water partition coefficient (Wildman–Crippen LogP) is 1.03. The first-order chi connectivity index (χ1) is 12.0. The maximum atomic E-state index is 11.8. The number of unbranched alkanes of at least 4 members (excludes halogenated alkanes) is 1. The van der Waals surface area contributed by atoms with Gasteiger partial charge in [-0.05, 0) is 37.1 Å². The van der Waals surface area contributed by atoms with Crippen LogP contribution in [0.4, 0.5) is 10.5 Å². The first-order valence-corrected chi connectivity index (χ1v) is 9.37. The van der Waals surface area contributed by atoms with Gasteiger partial charge in [0.25, 0.3) is 0 Å². The molecule has 0 radical (unpaired) electrons. The van der Waals surface area contributed by atoms with Crippen LogP contribution < -0.4 is 16.4 Å². The Bertz CT molecular complexity index is 670. The first-order valence-electron chi connectivity index (χ1n) is 8.32. The number of ether oxygens (including phenoxy) is 1. The van der Waals surface area contributed by atoms with Gasteiger partial charge in [0.15, 0.2) is 0 Å². The standard InChI is InChI=1S/C17H21N3O4S.Na.H/c18-11-7-5-10(6-8-11)16(22)24-14(21)4-2-1-3-13-15-12(9-25-13)19-17(23)20-15;;/h5-8,12-13,15H,1-4,9,18H2,(H2,19,20,23);;/t12-,13-,15-;;/m0../s1. The number of anilines is 1. The number of amides is 2. The van der Waals surface area contributed by atoms with E-state index in [1.54, 1.807) is 12.1 Å². The third-order valence-corrected chi connectivity index (χ3v) is 5.92. The Balaban J connectivity index is 0.00000243. The summed E-state index contributed by atoms with van der Waals surface area (Å²) in [6.07, 6.45) is 2.63. The topological polar surface area (TPSA) is 111 Å². The number of nitrogens with two attached hydrogens (primary N) is 1. The van der Waals surface area contributed by atoms with Crippen LogP contribution >= 0.6 is 11.8 Å². The molecule has 1 aromatic rings. The molecule has 0 saturated carbocycles. The van der Waals surface area contributed by atoms with E-state index in [2.05, 4.69) is 10.6 Å². The van der Waals surface area contributed by atoms with E-state index in [1.165, 1.54) is 12.1 Å². The summed E-state index contributed by atoms with van der Waals surface area (Å²) < 4.78 is 4.84. The number of carbonyl (C=O) groups is 3. The molecule has 3 atom stereocenters. The SMILES string of the molecule is Nc1ccc(C(=O)OC(=O)CCCC[C@@H]2SC[C@@H]3NC(=O)N[C@@H]32)cc1.[NaH]. The first kappa shape index (κ1) is 21.1. The van der Waals surface area contributed by atoms with Gasteiger partial charge in [0.1, 0.15) is 0 Å². The van der Waals surface area contributed by atoms with Crippen molar-refractivity contribution in [2.24, 2.45) is 0 Å². The molecular formula is C17H22N3NaO4S. The third-order valence-electron chi connectivity index (χ3n) is 4.41. The Kier molecular flexibility index (Phi) is 7.82. The zero-order chi connectivity index (χ0) is 17.8. The van der Waals surface area contributed by atoms with E-state index in [0.29, 0.717) is 22.9 Å². The molecule has 0 aliphatic carbocycles. The minimum absolute atomic E-state index is 0. The van der Waals surface area contributed by atoms with Gasteiger partial charge in [0.05, 0.1) is 17.6 Å². The van der Waals surface area contributed by atoms with Crippen molar-refractivity contribution in [2.45, 2.75) is 43.0 Å². The minimum atomic E-state index is -0.654. The molecule has 4 N–H and O–H groups in total. The molecule has 26 heavy (non-hydrogen) atoms. The average molecular weight is 387 g/mol. The molecule has 2 amide bonds. The van der Waals surface area contributed by atoms with Crippen molar-refractivity contribution in [3.05, 3.63) is 29.8 Å². The van der Waals surface area contributed by atoms with Crippen LogP contribution in [0.3, 0.4) is 0 Å². The summed E-state index contributed by atoms with van der Waals surface area (Å²) in [5.74, 6) is -0.250. The molecule has 1 aromatic carbocycles. The number of rotatable bonds is 6. The quantitative estimate of drug-likeness (QED) is 0.168. The number of urea groups is 1. The summed E-state index contributed by atoms with van der Waals surface area (Å²) in [6, 6.07) is 6.53. The number of benzene rings is 1. The summed E-state index contributed by atoms with van der Waals surface area (Å²) in [5, 5.41) is 6.22. The number of esters is 2. The molecule has 3 rings (SSSR count). The van der Waals surface area contributed by atoms with Crippen LogP contribution in [0, 0.1) is 0 Å². The van der Waals surface area contributed by atoms with Crippen molar-refractivity contribution in [1.29, 1.82) is 0 Å². The Hall–Kier alpha value is -1.22. The van der Waals surface area contributed by atoms with Crippen molar-refractivity contribution in [3.63, 3.8) is 0 Å². The van der Waals surface area contributed by atoms with Gasteiger partial charge in [-0.3, -0.25) is 4.79 Å². The fourth-order valence-electron chi connectivity index (χ4n) is 3.09. The van der Waals surface area contributed by atoms with E-state index in [4.69, 9.17) is 10.5 Å². The van der Waals surface area contributed by atoms with E-state index in [9.17, 15) is 14.4 Å². The number of fused-ring (bicyclic) bond motifs is 1. The van der Waals surface area contributed by atoms with Gasteiger partial charge in [-0.15, -0.1) is 0 Å². The maximum absolute atomic E-state index is 11.8. The van der Waals surface area contributed by atoms with Gasteiger partial charge in [-0.2, -0.15) is 11.8 Å². The van der Waals surface area contributed by atoms with Gasteiger partial charge in [0.2, 0.25) is 0 Å². The van der Waals surface area contributed by atoms with E-state index in [-0.39, 0.29) is 54.1 Å². The van der Waals surface area contributed by atoms with Gasteiger partial charge in [-0.25, -0.2) is 9.59 Å². The molecule has 0 unspecified atom stereocenters. The van der Waals surface area contributed by atoms with Crippen molar-refractivity contribution >= 4 is 65.0 Å². The molecule has 0 bridgehead atoms. The summed E-state index contributed by atoms with van der Waals surface area (Å²) in [6.45, 7) is 0. The van der Waals surface area contributed by atoms with Crippen LogP contribution in [-0.4, -0.2) is 70.6 Å². The fraction of sp³-hybridized carbons (Fsp3) is 0.471. The second kappa shape index (κ2) is 9.64. The molecule has 136 valence electrons. The third kappa shape index (κ3) is 5.39. The molecule has 2 fully saturated rings. The van der Waals surface area contributed by atoms with Gasteiger partial charge < -0.3 is 21.1 Å². The summed E-state index contributed by atoms with van der Waals surface area (Å²) in [5.41, 5.74) is 6.40. The number of nitrogens with one attached hydrogen (secondary N) is 2. The van der Waals surface area contributed by atoms with E-state index in [0.717, 1.165) is 18.6 Å².